The third-order valence-electron chi connectivity index (χ3n) is 5.00. The Morgan fingerprint density at radius 1 is 1.32 bits per heavy atom. The van der Waals surface area contributed by atoms with Gasteiger partial charge in [0.1, 0.15) is 5.82 Å². The van der Waals surface area contributed by atoms with Crippen molar-refractivity contribution >= 4 is 17.4 Å². The summed E-state index contributed by atoms with van der Waals surface area (Å²) in [5, 5.41) is 6.34. The third kappa shape index (κ3) is 5.11. The Hall–Kier alpha value is -2.84. The highest BCUT2D eigenvalue weighted by atomic mass is 16.5. The molecule has 0 unspecified atom stereocenters. The molecule has 1 aromatic heterocycles. The molecule has 28 heavy (non-hydrogen) atoms. The van der Waals surface area contributed by atoms with E-state index in [-0.39, 0.29) is 11.8 Å². The van der Waals surface area contributed by atoms with Crippen LogP contribution in [0.25, 0.3) is 0 Å². The van der Waals surface area contributed by atoms with E-state index in [1.54, 1.807) is 6.20 Å². The first-order chi connectivity index (χ1) is 13.6. The van der Waals surface area contributed by atoms with Crippen LogP contribution in [0.3, 0.4) is 0 Å². The number of nitrogens with one attached hydrogen (secondary N) is 2. The molecule has 1 amide bonds. The van der Waals surface area contributed by atoms with Crippen molar-refractivity contribution in [1.82, 2.24) is 10.3 Å². The molecule has 1 saturated heterocycles. The van der Waals surface area contributed by atoms with Crippen LogP contribution in [0.2, 0.25) is 0 Å². The Morgan fingerprint density at radius 3 is 2.82 bits per heavy atom. The summed E-state index contributed by atoms with van der Waals surface area (Å²) < 4.78 is 5.38. The van der Waals surface area contributed by atoms with E-state index in [1.807, 2.05) is 30.3 Å². The number of anilines is 2. The number of hydrogen-bond acceptors (Lipinski definition) is 4. The lowest BCUT2D eigenvalue weighted by Crippen LogP contribution is -2.32. The first-order valence-electron chi connectivity index (χ1n) is 9.76. The largest absolute Gasteiger partial charge is 0.381 e. The highest BCUT2D eigenvalue weighted by Crippen LogP contribution is 2.24. The minimum atomic E-state index is -0.0661. The van der Waals surface area contributed by atoms with E-state index in [9.17, 15) is 4.79 Å². The van der Waals surface area contributed by atoms with E-state index in [0.29, 0.717) is 23.8 Å². The van der Waals surface area contributed by atoms with Crippen molar-refractivity contribution in [3.63, 3.8) is 0 Å². The highest BCUT2D eigenvalue weighted by molar-refractivity contribution is 5.95. The SMILES string of the molecule is C#Cc1cccc(Nc2cc(C(C)C)c(C(=O)NCC3CCOCC3)cn2)c1. The van der Waals surface area contributed by atoms with Gasteiger partial charge in [-0.15, -0.1) is 6.42 Å². The second-order valence-electron chi connectivity index (χ2n) is 7.43. The maximum absolute atomic E-state index is 12.7. The number of rotatable bonds is 6. The van der Waals surface area contributed by atoms with E-state index >= 15 is 0 Å². The van der Waals surface area contributed by atoms with Gasteiger partial charge in [-0.3, -0.25) is 4.79 Å². The van der Waals surface area contributed by atoms with Gasteiger partial charge in [0.15, 0.2) is 0 Å². The zero-order valence-electron chi connectivity index (χ0n) is 16.5. The topological polar surface area (TPSA) is 63.2 Å². The van der Waals surface area contributed by atoms with Gasteiger partial charge in [-0.2, -0.15) is 0 Å². The number of carbonyl (C=O) groups is 1. The number of amides is 1. The molecule has 0 atom stereocenters. The van der Waals surface area contributed by atoms with Gasteiger partial charge >= 0.3 is 0 Å². The van der Waals surface area contributed by atoms with E-state index in [1.165, 1.54) is 0 Å². The predicted molar refractivity (Wildman–Crippen MR) is 112 cm³/mol. The summed E-state index contributed by atoms with van der Waals surface area (Å²) in [5.41, 5.74) is 3.27. The van der Waals surface area contributed by atoms with Gasteiger partial charge < -0.3 is 15.4 Å². The van der Waals surface area contributed by atoms with Crippen LogP contribution in [-0.2, 0) is 4.74 Å². The summed E-state index contributed by atoms with van der Waals surface area (Å²) in [5.74, 6) is 3.94. The minimum absolute atomic E-state index is 0.0661. The smallest absolute Gasteiger partial charge is 0.253 e. The molecule has 1 aliphatic rings. The number of aromatic nitrogens is 1. The summed E-state index contributed by atoms with van der Waals surface area (Å²) >= 11 is 0. The lowest BCUT2D eigenvalue weighted by Gasteiger charge is -2.22. The van der Waals surface area contributed by atoms with Crippen LogP contribution < -0.4 is 10.6 Å². The highest BCUT2D eigenvalue weighted by Gasteiger charge is 2.18. The summed E-state index contributed by atoms with van der Waals surface area (Å²) in [7, 11) is 0. The van der Waals surface area contributed by atoms with Crippen molar-refractivity contribution in [2.24, 2.45) is 5.92 Å². The van der Waals surface area contributed by atoms with Crippen LogP contribution >= 0.6 is 0 Å². The molecule has 0 aliphatic carbocycles. The van der Waals surface area contributed by atoms with E-state index < -0.39 is 0 Å². The summed E-state index contributed by atoms with van der Waals surface area (Å²) in [6.45, 7) is 6.39. The number of pyridine rings is 1. The predicted octanol–water partition coefficient (Wildman–Crippen LogP) is 4.09. The van der Waals surface area contributed by atoms with Crippen molar-refractivity contribution in [2.75, 3.05) is 25.1 Å². The fraction of sp³-hybridized carbons (Fsp3) is 0.391. The van der Waals surface area contributed by atoms with Crippen molar-refractivity contribution < 1.29 is 9.53 Å². The van der Waals surface area contributed by atoms with Crippen molar-refractivity contribution in [2.45, 2.75) is 32.6 Å². The van der Waals surface area contributed by atoms with Crippen LogP contribution in [0.15, 0.2) is 36.5 Å². The Kier molecular flexibility index (Phi) is 6.67. The molecule has 0 spiro atoms. The summed E-state index contributed by atoms with van der Waals surface area (Å²) in [4.78, 5) is 17.2. The molecule has 0 radical (unpaired) electrons. The number of ether oxygens (including phenoxy) is 1. The first kappa shape index (κ1) is 19.9. The molecule has 0 bridgehead atoms. The molecular weight excluding hydrogens is 350 g/mol. The standard InChI is InChI=1S/C23H27N3O2/c1-4-17-6-5-7-19(12-17)26-22-13-20(16(2)3)21(15-24-22)23(27)25-14-18-8-10-28-11-9-18/h1,5-7,12-13,15-16,18H,8-11,14H2,2-3H3,(H,24,26)(H,25,27). The normalized spacial score (nSPS) is 14.5. The van der Waals surface area contributed by atoms with E-state index in [2.05, 4.69) is 35.4 Å². The van der Waals surface area contributed by atoms with Crippen LogP contribution in [0, 0.1) is 18.3 Å². The Bertz CT molecular complexity index is 864. The minimum Gasteiger partial charge on any atom is -0.381 e. The molecule has 0 saturated carbocycles. The Morgan fingerprint density at radius 2 is 2.11 bits per heavy atom. The zero-order valence-corrected chi connectivity index (χ0v) is 16.5. The van der Waals surface area contributed by atoms with Gasteiger partial charge in [-0.25, -0.2) is 4.98 Å². The first-order valence-corrected chi connectivity index (χ1v) is 9.76. The average Bonchev–Trinajstić information content (AvgIpc) is 2.72. The number of benzene rings is 1. The molecule has 5 nitrogen and oxygen atoms in total. The monoisotopic (exact) mass is 377 g/mol. The summed E-state index contributed by atoms with van der Waals surface area (Å²) in [6.07, 6.45) is 9.11. The zero-order chi connectivity index (χ0) is 19.9. The van der Waals surface area contributed by atoms with Crippen molar-refractivity contribution in [3.8, 4) is 12.3 Å². The van der Waals surface area contributed by atoms with Crippen molar-refractivity contribution in [3.05, 3.63) is 53.2 Å². The molecule has 1 fully saturated rings. The van der Waals surface area contributed by atoms with Gasteiger partial charge in [0.2, 0.25) is 0 Å². The fourth-order valence-corrected chi connectivity index (χ4v) is 3.32. The molecule has 1 aromatic carbocycles. The molecule has 5 heteroatoms. The van der Waals surface area contributed by atoms with Gasteiger partial charge in [-0.05, 0) is 54.5 Å². The van der Waals surface area contributed by atoms with E-state index in [0.717, 1.165) is 42.9 Å². The third-order valence-corrected chi connectivity index (χ3v) is 5.00. The van der Waals surface area contributed by atoms with Gasteiger partial charge in [0.25, 0.3) is 5.91 Å². The van der Waals surface area contributed by atoms with Gasteiger partial charge in [-0.1, -0.05) is 25.8 Å². The summed E-state index contributed by atoms with van der Waals surface area (Å²) in [6, 6.07) is 9.55. The second kappa shape index (κ2) is 9.38. The van der Waals surface area contributed by atoms with Crippen LogP contribution in [0.1, 0.15) is 54.1 Å². The van der Waals surface area contributed by atoms with Crippen molar-refractivity contribution in [1.29, 1.82) is 0 Å². The lowest BCUT2D eigenvalue weighted by atomic mass is 9.97. The number of terminal acetylenes is 1. The Balaban J connectivity index is 1.73. The van der Waals surface area contributed by atoms with Crippen LogP contribution in [0.4, 0.5) is 11.5 Å². The molecular formula is C23H27N3O2. The number of nitrogens with zero attached hydrogens (tertiary/aromatic N) is 1. The molecule has 146 valence electrons. The second-order valence-corrected chi connectivity index (χ2v) is 7.43. The fourth-order valence-electron chi connectivity index (χ4n) is 3.32. The van der Waals surface area contributed by atoms with Crippen LogP contribution in [-0.4, -0.2) is 30.6 Å². The maximum Gasteiger partial charge on any atom is 0.253 e. The van der Waals surface area contributed by atoms with Crippen LogP contribution in [0.5, 0.6) is 0 Å². The van der Waals surface area contributed by atoms with Gasteiger partial charge in [0, 0.05) is 37.2 Å². The maximum atomic E-state index is 12.7. The number of carbonyl (C=O) groups excluding carboxylic acids is 1. The Labute approximate surface area is 166 Å². The quantitative estimate of drug-likeness (QED) is 0.745. The van der Waals surface area contributed by atoms with Gasteiger partial charge in [0.05, 0.1) is 5.56 Å². The van der Waals surface area contributed by atoms with E-state index in [4.69, 9.17) is 11.2 Å². The molecule has 2 N–H and O–H groups in total. The average molecular weight is 377 g/mol. The lowest BCUT2D eigenvalue weighted by molar-refractivity contribution is 0.0642. The number of hydrogen-bond donors (Lipinski definition) is 2. The molecule has 2 aromatic rings. The molecule has 2 heterocycles. The molecule has 1 aliphatic heterocycles. The molecule has 3 rings (SSSR count).